The van der Waals surface area contributed by atoms with E-state index in [1.54, 1.807) is 37.3 Å². The summed E-state index contributed by atoms with van der Waals surface area (Å²) in [7, 11) is -3.49. The largest absolute Gasteiger partial charge is 0.479 e. The predicted octanol–water partition coefficient (Wildman–Crippen LogP) is 0.753. The quantitative estimate of drug-likeness (QED) is 0.774. The van der Waals surface area contributed by atoms with Crippen LogP contribution in [0.15, 0.2) is 30.3 Å². The third-order valence-electron chi connectivity index (χ3n) is 2.55. The molecule has 0 aliphatic heterocycles. The summed E-state index contributed by atoms with van der Waals surface area (Å²) in [5, 5.41) is 11.3. The second kappa shape index (κ2) is 7.04. The second-order valence-corrected chi connectivity index (χ2v) is 6.53. The molecule has 1 amide bonds. The molecular formula is C13H17NO5S. The van der Waals surface area contributed by atoms with Crippen LogP contribution in [-0.2, 0) is 19.4 Å². The number of carbonyl (C=O) groups is 2. The van der Waals surface area contributed by atoms with Gasteiger partial charge in [0, 0.05) is 0 Å². The zero-order chi connectivity index (χ0) is 15.2. The number of benzene rings is 1. The number of aliphatic carboxylic acids is 1. The van der Waals surface area contributed by atoms with Crippen molar-refractivity contribution in [2.75, 3.05) is 11.5 Å². The van der Waals surface area contributed by atoms with Crippen LogP contribution in [-0.4, -0.2) is 36.9 Å². The van der Waals surface area contributed by atoms with E-state index in [9.17, 15) is 18.0 Å². The Balaban J connectivity index is 2.78. The number of nitrogens with one attached hydrogen (secondary N) is 1. The first-order valence-electron chi connectivity index (χ1n) is 6.13. The Morgan fingerprint density at radius 3 is 2.35 bits per heavy atom. The summed E-state index contributed by atoms with van der Waals surface area (Å²) >= 11 is 0. The number of hydrogen-bond donors (Lipinski definition) is 2. The summed E-state index contributed by atoms with van der Waals surface area (Å²) in [4.78, 5) is 22.8. The molecule has 0 saturated heterocycles. The molecule has 1 atom stereocenters. The molecule has 20 heavy (non-hydrogen) atoms. The van der Waals surface area contributed by atoms with Gasteiger partial charge in [-0.1, -0.05) is 37.3 Å². The van der Waals surface area contributed by atoms with Gasteiger partial charge in [-0.15, -0.1) is 0 Å². The topological polar surface area (TPSA) is 101 Å². The van der Waals surface area contributed by atoms with Crippen LogP contribution in [0.3, 0.4) is 0 Å². The minimum Gasteiger partial charge on any atom is -0.479 e. The molecule has 0 radical (unpaired) electrons. The lowest BCUT2D eigenvalue weighted by Gasteiger charge is -2.14. The molecule has 110 valence electrons. The maximum atomic E-state index is 11.7. The van der Waals surface area contributed by atoms with Gasteiger partial charge in [-0.2, -0.15) is 0 Å². The lowest BCUT2D eigenvalue weighted by Crippen LogP contribution is -2.37. The molecule has 6 nitrogen and oxygen atoms in total. The standard InChI is InChI=1S/C13H17NO5S/c1-2-8-20(18,19)9-11(15)14-12(13(16)17)10-6-4-3-5-7-10/h3-7,12H,2,8-9H2,1H3,(H,14,15)(H,16,17). The van der Waals surface area contributed by atoms with Gasteiger partial charge >= 0.3 is 5.97 Å². The molecule has 0 aromatic heterocycles. The van der Waals surface area contributed by atoms with Gasteiger partial charge in [-0.3, -0.25) is 4.79 Å². The smallest absolute Gasteiger partial charge is 0.330 e. The molecule has 1 rings (SSSR count). The Hall–Kier alpha value is -1.89. The van der Waals surface area contributed by atoms with Gasteiger partial charge in [-0.25, -0.2) is 13.2 Å². The lowest BCUT2D eigenvalue weighted by atomic mass is 10.1. The van der Waals surface area contributed by atoms with Crippen molar-refractivity contribution in [1.29, 1.82) is 0 Å². The second-order valence-electron chi connectivity index (χ2n) is 4.34. The van der Waals surface area contributed by atoms with E-state index in [1.165, 1.54) is 0 Å². The Morgan fingerprint density at radius 1 is 1.25 bits per heavy atom. The van der Waals surface area contributed by atoms with Gasteiger partial charge in [-0.05, 0) is 12.0 Å². The molecule has 1 aromatic carbocycles. The number of sulfone groups is 1. The minimum atomic E-state index is -3.49. The minimum absolute atomic E-state index is 0.0938. The average molecular weight is 299 g/mol. The van der Waals surface area contributed by atoms with E-state index in [-0.39, 0.29) is 5.75 Å². The van der Waals surface area contributed by atoms with Crippen molar-refractivity contribution >= 4 is 21.7 Å². The normalized spacial score (nSPS) is 12.7. The van der Waals surface area contributed by atoms with Gasteiger partial charge in [0.25, 0.3) is 0 Å². The van der Waals surface area contributed by atoms with E-state index in [1.807, 2.05) is 0 Å². The molecule has 0 fully saturated rings. The number of carbonyl (C=O) groups excluding carboxylic acids is 1. The third-order valence-corrected chi connectivity index (χ3v) is 4.28. The van der Waals surface area contributed by atoms with E-state index >= 15 is 0 Å². The molecule has 0 aliphatic carbocycles. The van der Waals surface area contributed by atoms with Crippen LogP contribution in [0.4, 0.5) is 0 Å². The summed E-state index contributed by atoms with van der Waals surface area (Å²) in [5.41, 5.74) is 0.390. The van der Waals surface area contributed by atoms with Crippen LogP contribution in [0.2, 0.25) is 0 Å². The van der Waals surface area contributed by atoms with Crippen molar-refractivity contribution in [2.45, 2.75) is 19.4 Å². The molecule has 2 N–H and O–H groups in total. The lowest BCUT2D eigenvalue weighted by molar-refractivity contribution is -0.141. The summed E-state index contributed by atoms with van der Waals surface area (Å²) in [5.74, 6) is -2.84. The third kappa shape index (κ3) is 5.00. The molecule has 0 aliphatic rings. The van der Waals surface area contributed by atoms with Crippen molar-refractivity contribution in [3.8, 4) is 0 Å². The molecule has 7 heteroatoms. The van der Waals surface area contributed by atoms with E-state index in [0.717, 1.165) is 0 Å². The van der Waals surface area contributed by atoms with Crippen molar-refractivity contribution in [1.82, 2.24) is 5.32 Å². The Morgan fingerprint density at radius 2 is 1.85 bits per heavy atom. The fraction of sp³-hybridized carbons (Fsp3) is 0.385. The average Bonchev–Trinajstić information content (AvgIpc) is 2.36. The predicted molar refractivity (Wildman–Crippen MR) is 73.9 cm³/mol. The first-order valence-corrected chi connectivity index (χ1v) is 7.95. The summed E-state index contributed by atoms with van der Waals surface area (Å²) in [6, 6.07) is 6.87. The molecule has 1 aromatic rings. The fourth-order valence-electron chi connectivity index (χ4n) is 1.72. The molecule has 0 heterocycles. The molecule has 0 saturated carbocycles. The Bertz CT molecular complexity index is 568. The molecular weight excluding hydrogens is 282 g/mol. The first-order chi connectivity index (χ1) is 9.35. The van der Waals surface area contributed by atoms with E-state index in [2.05, 4.69) is 5.32 Å². The van der Waals surface area contributed by atoms with Crippen molar-refractivity contribution in [3.05, 3.63) is 35.9 Å². The van der Waals surface area contributed by atoms with Crippen molar-refractivity contribution < 1.29 is 23.1 Å². The maximum Gasteiger partial charge on any atom is 0.330 e. The van der Waals surface area contributed by atoms with E-state index < -0.39 is 33.5 Å². The van der Waals surface area contributed by atoms with Gasteiger partial charge < -0.3 is 10.4 Å². The number of amides is 1. The van der Waals surface area contributed by atoms with Crippen molar-refractivity contribution in [3.63, 3.8) is 0 Å². The van der Waals surface area contributed by atoms with Crippen LogP contribution in [0.25, 0.3) is 0 Å². The molecule has 0 bridgehead atoms. The fourth-order valence-corrected chi connectivity index (χ4v) is 2.97. The monoisotopic (exact) mass is 299 g/mol. The van der Waals surface area contributed by atoms with Crippen LogP contribution in [0, 0.1) is 0 Å². The summed E-state index contributed by atoms with van der Waals surface area (Å²) in [6.45, 7) is 1.69. The molecule has 1 unspecified atom stereocenters. The van der Waals surface area contributed by atoms with E-state index in [4.69, 9.17) is 5.11 Å². The number of carboxylic acid groups (broad SMARTS) is 1. The number of carboxylic acids is 1. The van der Waals surface area contributed by atoms with Crippen LogP contribution in [0.1, 0.15) is 24.9 Å². The summed E-state index contributed by atoms with van der Waals surface area (Å²) < 4.78 is 23.0. The van der Waals surface area contributed by atoms with Crippen molar-refractivity contribution in [2.24, 2.45) is 0 Å². The highest BCUT2D eigenvalue weighted by Gasteiger charge is 2.24. The summed E-state index contributed by atoms with van der Waals surface area (Å²) in [6.07, 6.45) is 0.413. The van der Waals surface area contributed by atoms with Crippen LogP contribution >= 0.6 is 0 Å². The molecule has 0 spiro atoms. The maximum absolute atomic E-state index is 11.7. The highest BCUT2D eigenvalue weighted by molar-refractivity contribution is 7.92. The van der Waals surface area contributed by atoms with Gasteiger partial charge in [0.1, 0.15) is 5.75 Å². The van der Waals surface area contributed by atoms with Gasteiger partial charge in [0.15, 0.2) is 15.9 Å². The number of rotatable bonds is 7. The highest BCUT2D eigenvalue weighted by atomic mass is 32.2. The van der Waals surface area contributed by atoms with E-state index in [0.29, 0.717) is 12.0 Å². The Kier molecular flexibility index (Phi) is 5.69. The van der Waals surface area contributed by atoms with Crippen LogP contribution < -0.4 is 5.32 Å². The number of hydrogen-bond acceptors (Lipinski definition) is 4. The SMILES string of the molecule is CCCS(=O)(=O)CC(=O)NC(C(=O)O)c1ccccc1. The van der Waals surface area contributed by atoms with Crippen LogP contribution in [0.5, 0.6) is 0 Å². The van der Waals surface area contributed by atoms with Gasteiger partial charge in [0.2, 0.25) is 5.91 Å². The zero-order valence-electron chi connectivity index (χ0n) is 11.1. The Labute approximate surface area is 117 Å². The first kappa shape index (κ1) is 16.2. The highest BCUT2D eigenvalue weighted by Crippen LogP contribution is 2.12. The zero-order valence-corrected chi connectivity index (χ0v) is 11.9. The van der Waals surface area contributed by atoms with Gasteiger partial charge in [0.05, 0.1) is 5.75 Å².